The molecule has 8 heteroatoms. The summed E-state index contributed by atoms with van der Waals surface area (Å²) in [5.41, 5.74) is 0. The fourth-order valence-corrected chi connectivity index (χ4v) is 1.19. The summed E-state index contributed by atoms with van der Waals surface area (Å²) in [6, 6.07) is 0. The summed E-state index contributed by atoms with van der Waals surface area (Å²) in [4.78, 5) is 21.8. The Labute approximate surface area is 90.7 Å². The summed E-state index contributed by atoms with van der Waals surface area (Å²) in [7, 11) is 0. The number of ether oxygens (including phenoxy) is 2. The van der Waals surface area contributed by atoms with E-state index in [-0.39, 0.29) is 0 Å². The SMILES string of the molecule is O=C1CC(=O)Oc2c(F)c(F)c(F)c(F)c2O1. The van der Waals surface area contributed by atoms with E-state index in [1.807, 2.05) is 0 Å². The molecule has 4 nitrogen and oxygen atoms in total. The summed E-state index contributed by atoms with van der Waals surface area (Å²) in [5.74, 6) is -13.3. The van der Waals surface area contributed by atoms with Gasteiger partial charge in [0.1, 0.15) is 6.42 Å². The van der Waals surface area contributed by atoms with E-state index in [1.54, 1.807) is 0 Å². The van der Waals surface area contributed by atoms with Crippen molar-refractivity contribution in [3.63, 3.8) is 0 Å². The first-order valence-electron chi connectivity index (χ1n) is 4.19. The molecule has 1 heterocycles. The van der Waals surface area contributed by atoms with Crippen LogP contribution in [0.2, 0.25) is 0 Å². The van der Waals surface area contributed by atoms with Gasteiger partial charge in [0.2, 0.25) is 34.8 Å². The third-order valence-electron chi connectivity index (χ3n) is 1.90. The van der Waals surface area contributed by atoms with E-state index in [0.717, 1.165) is 0 Å². The van der Waals surface area contributed by atoms with Crippen LogP contribution in [-0.2, 0) is 9.59 Å². The molecule has 0 bridgehead atoms. The molecule has 1 aliphatic heterocycles. The summed E-state index contributed by atoms with van der Waals surface area (Å²) < 4.78 is 60.3. The number of carbonyl (C=O) groups is 2. The predicted octanol–water partition coefficient (Wildman–Crippen LogP) is 1.46. The Hall–Kier alpha value is -2.12. The van der Waals surface area contributed by atoms with Gasteiger partial charge in [0.25, 0.3) is 0 Å². The van der Waals surface area contributed by atoms with Crippen LogP contribution in [0, 0.1) is 23.3 Å². The van der Waals surface area contributed by atoms with Crippen LogP contribution >= 0.6 is 0 Å². The van der Waals surface area contributed by atoms with Crippen molar-refractivity contribution in [3.05, 3.63) is 23.3 Å². The molecular weight excluding hydrogens is 248 g/mol. The monoisotopic (exact) mass is 250 g/mol. The summed E-state index contributed by atoms with van der Waals surface area (Å²) in [6.45, 7) is 0. The molecule has 2 rings (SSSR count). The van der Waals surface area contributed by atoms with Crippen molar-refractivity contribution in [1.82, 2.24) is 0 Å². The molecule has 0 unspecified atom stereocenters. The zero-order valence-electron chi connectivity index (χ0n) is 7.85. The third-order valence-corrected chi connectivity index (χ3v) is 1.90. The first-order chi connectivity index (χ1) is 7.91. The van der Waals surface area contributed by atoms with E-state index in [2.05, 4.69) is 9.47 Å². The van der Waals surface area contributed by atoms with Gasteiger partial charge in [-0.15, -0.1) is 0 Å². The standard InChI is InChI=1S/C9H2F4O4/c10-4-5(11)7(13)9-8(6(4)12)16-2(14)1-3(15)17-9/h1H2. The second kappa shape index (κ2) is 3.72. The van der Waals surface area contributed by atoms with Crippen LogP contribution in [0.4, 0.5) is 17.6 Å². The maximum Gasteiger partial charge on any atom is 0.322 e. The van der Waals surface area contributed by atoms with Gasteiger partial charge in [0, 0.05) is 0 Å². The zero-order valence-corrected chi connectivity index (χ0v) is 7.85. The van der Waals surface area contributed by atoms with Gasteiger partial charge in [-0.3, -0.25) is 9.59 Å². The van der Waals surface area contributed by atoms with Gasteiger partial charge < -0.3 is 9.47 Å². The van der Waals surface area contributed by atoms with Gasteiger partial charge in [-0.1, -0.05) is 0 Å². The van der Waals surface area contributed by atoms with Gasteiger partial charge >= 0.3 is 11.9 Å². The Morgan fingerprint density at radius 3 is 1.41 bits per heavy atom. The second-order valence-corrected chi connectivity index (χ2v) is 3.04. The number of hydrogen-bond donors (Lipinski definition) is 0. The minimum absolute atomic E-state index is 0.920. The Kier molecular flexibility index (Phi) is 2.49. The molecule has 0 aliphatic carbocycles. The van der Waals surface area contributed by atoms with Crippen LogP contribution in [-0.4, -0.2) is 11.9 Å². The highest BCUT2D eigenvalue weighted by Crippen LogP contribution is 2.38. The predicted molar refractivity (Wildman–Crippen MR) is 42.2 cm³/mol. The van der Waals surface area contributed by atoms with Crippen molar-refractivity contribution < 1.29 is 36.6 Å². The summed E-state index contributed by atoms with van der Waals surface area (Å²) >= 11 is 0. The van der Waals surface area contributed by atoms with E-state index in [9.17, 15) is 27.2 Å². The first-order valence-corrected chi connectivity index (χ1v) is 4.19. The largest absolute Gasteiger partial charge is 0.419 e. The van der Waals surface area contributed by atoms with Gasteiger partial charge in [0.05, 0.1) is 0 Å². The molecule has 0 fully saturated rings. The number of esters is 2. The van der Waals surface area contributed by atoms with E-state index in [0.29, 0.717) is 0 Å². The minimum atomic E-state index is -2.16. The average molecular weight is 250 g/mol. The molecule has 0 radical (unpaired) electrons. The molecule has 0 saturated heterocycles. The highest BCUT2D eigenvalue weighted by molar-refractivity contribution is 5.95. The van der Waals surface area contributed by atoms with Crippen LogP contribution in [0.1, 0.15) is 6.42 Å². The van der Waals surface area contributed by atoms with Gasteiger partial charge in [-0.25, -0.2) is 8.78 Å². The summed E-state index contributed by atoms with van der Waals surface area (Å²) in [6.07, 6.45) is -0.920. The highest BCUT2D eigenvalue weighted by Gasteiger charge is 2.33. The van der Waals surface area contributed by atoms with Crippen LogP contribution in [0.5, 0.6) is 11.5 Å². The van der Waals surface area contributed by atoms with Gasteiger partial charge in [-0.2, -0.15) is 8.78 Å². The fourth-order valence-electron chi connectivity index (χ4n) is 1.19. The smallest absolute Gasteiger partial charge is 0.322 e. The number of halogens is 4. The molecule has 1 aromatic carbocycles. The Bertz CT molecular complexity index is 494. The van der Waals surface area contributed by atoms with Crippen molar-refractivity contribution in [1.29, 1.82) is 0 Å². The lowest BCUT2D eigenvalue weighted by molar-refractivity contribution is -0.142. The van der Waals surface area contributed by atoms with Crippen LogP contribution in [0.15, 0.2) is 0 Å². The molecule has 1 aliphatic rings. The Morgan fingerprint density at radius 1 is 0.706 bits per heavy atom. The van der Waals surface area contributed by atoms with E-state index in [4.69, 9.17) is 0 Å². The van der Waals surface area contributed by atoms with E-state index < -0.39 is 53.1 Å². The van der Waals surface area contributed by atoms with Crippen LogP contribution < -0.4 is 9.47 Å². The number of rotatable bonds is 0. The highest BCUT2D eigenvalue weighted by atomic mass is 19.2. The Balaban J connectivity index is 2.72. The van der Waals surface area contributed by atoms with Crippen molar-refractivity contribution in [2.24, 2.45) is 0 Å². The fraction of sp³-hybridized carbons (Fsp3) is 0.111. The minimum Gasteiger partial charge on any atom is -0.419 e. The normalized spacial score (nSPS) is 14.8. The lowest BCUT2D eigenvalue weighted by Crippen LogP contribution is -2.13. The van der Waals surface area contributed by atoms with Crippen LogP contribution in [0.25, 0.3) is 0 Å². The topological polar surface area (TPSA) is 52.6 Å². The van der Waals surface area contributed by atoms with Crippen molar-refractivity contribution in [2.75, 3.05) is 0 Å². The summed E-state index contributed by atoms with van der Waals surface area (Å²) in [5, 5.41) is 0. The van der Waals surface area contributed by atoms with Crippen molar-refractivity contribution in [2.45, 2.75) is 6.42 Å². The number of fused-ring (bicyclic) bond motifs is 1. The maximum atomic E-state index is 13.2. The van der Waals surface area contributed by atoms with Crippen LogP contribution in [0.3, 0.4) is 0 Å². The van der Waals surface area contributed by atoms with E-state index >= 15 is 0 Å². The quantitative estimate of drug-likeness (QED) is 0.175. The average Bonchev–Trinajstić information content (AvgIpc) is 2.42. The molecule has 17 heavy (non-hydrogen) atoms. The lowest BCUT2D eigenvalue weighted by Gasteiger charge is -2.08. The number of hydrogen-bond acceptors (Lipinski definition) is 4. The molecule has 0 amide bonds. The molecule has 0 atom stereocenters. The third kappa shape index (κ3) is 1.71. The molecule has 1 aromatic rings. The second-order valence-electron chi connectivity index (χ2n) is 3.04. The Morgan fingerprint density at radius 2 is 1.06 bits per heavy atom. The molecular formula is C9H2F4O4. The maximum absolute atomic E-state index is 13.2. The number of benzene rings is 1. The number of carbonyl (C=O) groups excluding carboxylic acids is 2. The van der Waals surface area contributed by atoms with Gasteiger partial charge in [0.15, 0.2) is 0 Å². The molecule has 0 N–H and O–H groups in total. The molecule has 0 spiro atoms. The zero-order chi connectivity index (χ0) is 12.7. The molecule has 0 aromatic heterocycles. The molecule has 0 saturated carbocycles. The van der Waals surface area contributed by atoms with Crippen molar-refractivity contribution in [3.8, 4) is 11.5 Å². The lowest BCUT2D eigenvalue weighted by atomic mass is 10.2. The first kappa shape index (κ1) is 11.4. The molecule has 90 valence electrons. The van der Waals surface area contributed by atoms with Gasteiger partial charge in [-0.05, 0) is 0 Å². The van der Waals surface area contributed by atoms with Crippen molar-refractivity contribution >= 4 is 11.9 Å². The van der Waals surface area contributed by atoms with E-state index in [1.165, 1.54) is 0 Å².